The van der Waals surface area contributed by atoms with Crippen molar-refractivity contribution in [3.8, 4) is 0 Å². The second-order valence-electron chi connectivity index (χ2n) is 2.07. The number of carbonyl (C=O) groups is 1. The van der Waals surface area contributed by atoms with Crippen molar-refractivity contribution < 1.29 is 4.79 Å². The molecule has 0 aromatic heterocycles. The minimum Gasteiger partial charge on any atom is -0.267 e. The average Bonchev–Trinajstić information content (AvgIpc) is 1.87. The molecule has 4 heteroatoms. The smallest absolute Gasteiger partial charge is 0.267 e. The highest BCUT2D eigenvalue weighted by atomic mass is 16.2. The van der Waals surface area contributed by atoms with Gasteiger partial charge in [0, 0.05) is 5.57 Å². The average molecular weight is 143 g/mol. The molecule has 0 bridgehead atoms. The normalized spacial score (nSPS) is 9.10. The molecule has 0 aromatic rings. The second-order valence-corrected chi connectivity index (χ2v) is 2.07. The third kappa shape index (κ3) is 2.61. The van der Waals surface area contributed by atoms with E-state index in [1.54, 1.807) is 0 Å². The zero-order valence-electron chi connectivity index (χ0n) is 6.13. The Labute approximate surface area is 60.4 Å². The summed E-state index contributed by atoms with van der Waals surface area (Å²) < 4.78 is 0. The van der Waals surface area contributed by atoms with Crippen molar-refractivity contribution in [2.75, 3.05) is 0 Å². The van der Waals surface area contributed by atoms with Crippen LogP contribution in [0.25, 0.3) is 0 Å². The van der Waals surface area contributed by atoms with Crippen LogP contribution in [0.1, 0.15) is 19.8 Å². The topological polar surface area (TPSA) is 72.3 Å². The monoisotopic (exact) mass is 143 g/mol. The Kier molecular flexibility index (Phi) is 3.68. The fourth-order valence-corrected chi connectivity index (χ4v) is 0.591. The lowest BCUT2D eigenvalue weighted by Crippen LogP contribution is -2.43. The van der Waals surface area contributed by atoms with Gasteiger partial charge in [0.2, 0.25) is 0 Å². The zero-order chi connectivity index (χ0) is 8.15. The van der Waals surface area contributed by atoms with E-state index < -0.39 is 5.91 Å². The van der Waals surface area contributed by atoms with Gasteiger partial charge in [-0.15, -0.1) is 0 Å². The summed E-state index contributed by atoms with van der Waals surface area (Å²) in [7, 11) is 0. The molecule has 0 unspecified atom stereocenters. The molecule has 0 aliphatic carbocycles. The van der Waals surface area contributed by atoms with Crippen molar-refractivity contribution in [2.45, 2.75) is 19.8 Å². The largest absolute Gasteiger partial charge is 0.277 e. The molecule has 0 aliphatic heterocycles. The van der Waals surface area contributed by atoms with Crippen molar-refractivity contribution in [1.82, 2.24) is 5.12 Å². The van der Waals surface area contributed by atoms with Crippen molar-refractivity contribution in [3.63, 3.8) is 0 Å². The van der Waals surface area contributed by atoms with Crippen LogP contribution in [0.5, 0.6) is 0 Å². The molecule has 58 valence electrons. The van der Waals surface area contributed by atoms with Crippen LogP contribution in [0.4, 0.5) is 0 Å². The molecule has 0 heterocycles. The molecule has 0 aliphatic rings. The first-order valence-corrected chi connectivity index (χ1v) is 3.11. The molecule has 4 nitrogen and oxygen atoms in total. The first-order chi connectivity index (χ1) is 4.59. The molecule has 4 N–H and O–H groups in total. The van der Waals surface area contributed by atoms with Gasteiger partial charge in [-0.2, -0.15) is 0 Å². The quantitative estimate of drug-likeness (QED) is 0.251. The van der Waals surface area contributed by atoms with E-state index in [1.807, 2.05) is 6.92 Å². The molecular weight excluding hydrogens is 130 g/mol. The third-order valence-corrected chi connectivity index (χ3v) is 1.09. The maximum absolute atomic E-state index is 10.8. The van der Waals surface area contributed by atoms with Gasteiger partial charge < -0.3 is 0 Å². The van der Waals surface area contributed by atoms with E-state index in [1.165, 1.54) is 0 Å². The van der Waals surface area contributed by atoms with Gasteiger partial charge in [-0.05, 0) is 6.42 Å². The maximum atomic E-state index is 10.8. The molecule has 0 radical (unpaired) electrons. The van der Waals surface area contributed by atoms with Crippen molar-refractivity contribution in [2.24, 2.45) is 11.7 Å². The number of nitrogens with zero attached hydrogens (tertiary/aromatic N) is 1. The maximum Gasteiger partial charge on any atom is 0.277 e. The number of nitrogens with two attached hydrogens (primary N) is 2. The highest BCUT2D eigenvalue weighted by molar-refractivity contribution is 5.91. The van der Waals surface area contributed by atoms with Gasteiger partial charge >= 0.3 is 0 Å². The predicted molar refractivity (Wildman–Crippen MR) is 39.3 cm³/mol. The lowest BCUT2D eigenvalue weighted by Gasteiger charge is -2.09. The van der Waals surface area contributed by atoms with Gasteiger partial charge in [-0.3, -0.25) is 4.79 Å². The van der Waals surface area contributed by atoms with E-state index in [9.17, 15) is 4.79 Å². The molecule has 0 rings (SSSR count). The molecule has 1 amide bonds. The van der Waals surface area contributed by atoms with Gasteiger partial charge in [-0.1, -0.05) is 19.9 Å². The van der Waals surface area contributed by atoms with Gasteiger partial charge in [0.25, 0.3) is 5.91 Å². The van der Waals surface area contributed by atoms with Crippen LogP contribution in [-0.4, -0.2) is 11.0 Å². The number of hydrazine groups is 2. The van der Waals surface area contributed by atoms with Gasteiger partial charge in [0.05, 0.1) is 0 Å². The number of rotatable bonds is 3. The van der Waals surface area contributed by atoms with Gasteiger partial charge in [-0.25, -0.2) is 16.8 Å². The SMILES string of the molecule is C=C(CCC)C(=O)N(N)N. The van der Waals surface area contributed by atoms with Crippen LogP contribution >= 0.6 is 0 Å². The lowest BCUT2D eigenvalue weighted by atomic mass is 10.2. The predicted octanol–water partition coefficient (Wildman–Crippen LogP) is -0.0813. The standard InChI is InChI=1S/C6H13N3O/c1-3-4-5(2)6(10)9(7)8/h2-4,7-8H2,1H3. The summed E-state index contributed by atoms with van der Waals surface area (Å²) in [5.41, 5.74) is 0.451. The van der Waals surface area contributed by atoms with Gasteiger partial charge in [0.1, 0.15) is 0 Å². The Morgan fingerprint density at radius 2 is 2.10 bits per heavy atom. The third-order valence-electron chi connectivity index (χ3n) is 1.09. The van der Waals surface area contributed by atoms with Crippen LogP contribution < -0.4 is 11.7 Å². The number of hydrogen-bond donors (Lipinski definition) is 2. The number of carbonyl (C=O) groups excluding carboxylic acids is 1. The zero-order valence-corrected chi connectivity index (χ0v) is 6.13. The summed E-state index contributed by atoms with van der Waals surface area (Å²) in [6, 6.07) is 0. The molecule has 10 heavy (non-hydrogen) atoms. The van der Waals surface area contributed by atoms with E-state index in [0.717, 1.165) is 6.42 Å². The van der Waals surface area contributed by atoms with E-state index in [4.69, 9.17) is 11.7 Å². The molecule has 0 saturated heterocycles. The summed E-state index contributed by atoms with van der Waals surface area (Å²) in [4.78, 5) is 10.8. The Hall–Kier alpha value is -0.870. The van der Waals surface area contributed by atoms with Crippen molar-refractivity contribution >= 4 is 5.91 Å². The molecule has 0 spiro atoms. The summed E-state index contributed by atoms with van der Waals surface area (Å²) in [6.07, 6.45) is 1.52. The fourth-order valence-electron chi connectivity index (χ4n) is 0.591. The molecule has 0 saturated carbocycles. The lowest BCUT2D eigenvalue weighted by molar-refractivity contribution is -0.127. The first-order valence-electron chi connectivity index (χ1n) is 3.11. The Balaban J connectivity index is 3.83. The Morgan fingerprint density at radius 1 is 1.60 bits per heavy atom. The van der Waals surface area contributed by atoms with E-state index in [2.05, 4.69) is 6.58 Å². The van der Waals surface area contributed by atoms with E-state index in [0.29, 0.717) is 17.1 Å². The van der Waals surface area contributed by atoms with E-state index in [-0.39, 0.29) is 0 Å². The highest BCUT2D eigenvalue weighted by Gasteiger charge is 2.07. The molecule has 0 atom stereocenters. The minimum atomic E-state index is -0.401. The first kappa shape index (κ1) is 9.13. The molecule has 0 fully saturated rings. The summed E-state index contributed by atoms with van der Waals surface area (Å²) in [6.45, 7) is 5.47. The van der Waals surface area contributed by atoms with E-state index >= 15 is 0 Å². The fraction of sp³-hybridized carbons (Fsp3) is 0.500. The van der Waals surface area contributed by atoms with Crippen LogP contribution in [0.3, 0.4) is 0 Å². The summed E-state index contributed by atoms with van der Waals surface area (Å²) in [5.74, 6) is 9.53. The van der Waals surface area contributed by atoms with Crippen LogP contribution in [0.15, 0.2) is 12.2 Å². The van der Waals surface area contributed by atoms with Crippen LogP contribution in [-0.2, 0) is 4.79 Å². The molecular formula is C6H13N3O. The second kappa shape index (κ2) is 4.03. The van der Waals surface area contributed by atoms with Crippen molar-refractivity contribution in [3.05, 3.63) is 12.2 Å². The number of hydrogen-bond acceptors (Lipinski definition) is 3. The molecule has 0 aromatic carbocycles. The summed E-state index contributed by atoms with van der Waals surface area (Å²) >= 11 is 0. The Morgan fingerprint density at radius 3 is 2.40 bits per heavy atom. The summed E-state index contributed by atoms with van der Waals surface area (Å²) in [5, 5.41) is 0.554. The van der Waals surface area contributed by atoms with Crippen LogP contribution in [0, 0.1) is 0 Å². The Bertz CT molecular complexity index is 142. The van der Waals surface area contributed by atoms with Crippen molar-refractivity contribution in [1.29, 1.82) is 0 Å². The number of amides is 1. The van der Waals surface area contributed by atoms with Gasteiger partial charge in [0.15, 0.2) is 0 Å². The minimum absolute atomic E-state index is 0.401. The van der Waals surface area contributed by atoms with Crippen LogP contribution in [0.2, 0.25) is 0 Å². The highest BCUT2D eigenvalue weighted by Crippen LogP contribution is 2.01.